The number of carbonyl (C=O) groups is 1. The first-order valence-corrected chi connectivity index (χ1v) is 9.07. The topological polar surface area (TPSA) is 87.5 Å². The van der Waals surface area contributed by atoms with Gasteiger partial charge in [0, 0.05) is 43.5 Å². The van der Waals surface area contributed by atoms with Crippen molar-refractivity contribution in [3.63, 3.8) is 0 Å². The molecule has 1 saturated heterocycles. The minimum Gasteiger partial charge on any atom is -0.477 e. The molecule has 1 fully saturated rings. The van der Waals surface area contributed by atoms with Crippen molar-refractivity contribution in [2.45, 2.75) is 13.0 Å². The predicted octanol–water partition coefficient (Wildman–Crippen LogP) is 2.16. The van der Waals surface area contributed by atoms with E-state index in [0.29, 0.717) is 19.6 Å². The highest BCUT2D eigenvalue weighted by atomic mass is 19.1. The summed E-state index contributed by atoms with van der Waals surface area (Å²) in [6.07, 6.45) is 3.40. The van der Waals surface area contributed by atoms with Crippen molar-refractivity contribution >= 4 is 22.6 Å². The van der Waals surface area contributed by atoms with Gasteiger partial charge in [-0.25, -0.2) is 13.6 Å². The molecule has 0 amide bonds. The van der Waals surface area contributed by atoms with Gasteiger partial charge < -0.3 is 19.9 Å². The van der Waals surface area contributed by atoms with Crippen molar-refractivity contribution < 1.29 is 18.7 Å². The lowest BCUT2D eigenvalue weighted by Gasteiger charge is -2.34. The maximum absolute atomic E-state index is 14.9. The fraction of sp³-hybridized carbons (Fsp3) is 0.250. The molecule has 1 unspecified atom stereocenters. The Balaban J connectivity index is 2.03. The van der Waals surface area contributed by atoms with Crippen LogP contribution in [0, 0.1) is 11.6 Å². The Morgan fingerprint density at radius 2 is 2.07 bits per heavy atom. The molecule has 3 heterocycles. The zero-order chi connectivity index (χ0) is 20.7. The molecule has 0 bridgehead atoms. The molecule has 0 saturated carbocycles. The van der Waals surface area contributed by atoms with E-state index in [2.05, 4.69) is 10.3 Å². The van der Waals surface area contributed by atoms with Crippen molar-refractivity contribution in [2.75, 3.05) is 24.5 Å². The molecule has 7 nitrogen and oxygen atoms in total. The molecule has 1 atom stereocenters. The molecule has 29 heavy (non-hydrogen) atoms. The van der Waals surface area contributed by atoms with Crippen molar-refractivity contribution in [1.29, 1.82) is 0 Å². The molecule has 1 aliphatic rings. The van der Waals surface area contributed by atoms with E-state index in [9.17, 15) is 23.5 Å². The number of hydrogen-bond acceptors (Lipinski definition) is 5. The van der Waals surface area contributed by atoms with Crippen molar-refractivity contribution in [2.24, 2.45) is 0 Å². The normalized spacial score (nSPS) is 16.9. The zero-order valence-electron chi connectivity index (χ0n) is 15.5. The number of anilines is 1. The average molecular weight is 400 g/mol. The summed E-state index contributed by atoms with van der Waals surface area (Å²) >= 11 is 0. The van der Waals surface area contributed by atoms with E-state index in [4.69, 9.17) is 0 Å². The summed E-state index contributed by atoms with van der Waals surface area (Å²) in [4.78, 5) is 29.7. The van der Waals surface area contributed by atoms with Gasteiger partial charge in [-0.2, -0.15) is 0 Å². The number of halogens is 2. The highest BCUT2D eigenvalue weighted by Crippen LogP contribution is 2.28. The van der Waals surface area contributed by atoms with Gasteiger partial charge in [0.2, 0.25) is 5.43 Å². The number of fused-ring (bicyclic) bond motifs is 1. The average Bonchev–Trinajstić information content (AvgIpc) is 2.69. The predicted molar refractivity (Wildman–Crippen MR) is 104 cm³/mol. The number of benzene rings is 1. The summed E-state index contributed by atoms with van der Waals surface area (Å²) in [7, 11) is 0. The Hall–Kier alpha value is -3.33. The van der Waals surface area contributed by atoms with E-state index in [1.54, 1.807) is 0 Å². The minimum absolute atomic E-state index is 0.0127. The molecule has 1 aliphatic heterocycles. The van der Waals surface area contributed by atoms with E-state index in [1.165, 1.54) is 22.9 Å². The van der Waals surface area contributed by atoms with Crippen LogP contribution in [0.4, 0.5) is 14.5 Å². The summed E-state index contributed by atoms with van der Waals surface area (Å²) in [5, 5.41) is 12.5. The summed E-state index contributed by atoms with van der Waals surface area (Å²) in [5.74, 6) is -2.80. The van der Waals surface area contributed by atoms with Crippen molar-refractivity contribution in [3.05, 3.63) is 64.2 Å². The van der Waals surface area contributed by atoms with Gasteiger partial charge in [-0.1, -0.05) is 0 Å². The van der Waals surface area contributed by atoms with Gasteiger partial charge in [-0.05, 0) is 25.1 Å². The fourth-order valence-electron chi connectivity index (χ4n) is 3.64. The molecule has 0 radical (unpaired) electrons. The van der Waals surface area contributed by atoms with Gasteiger partial charge in [0.1, 0.15) is 11.4 Å². The highest BCUT2D eigenvalue weighted by Gasteiger charge is 2.23. The van der Waals surface area contributed by atoms with Crippen LogP contribution < -0.4 is 15.6 Å². The molecular weight excluding hydrogens is 382 g/mol. The van der Waals surface area contributed by atoms with Crippen LogP contribution in [0.15, 0.2) is 41.6 Å². The molecule has 150 valence electrons. The summed E-state index contributed by atoms with van der Waals surface area (Å²) in [5.41, 5.74) is -0.892. The van der Waals surface area contributed by atoms with E-state index < -0.39 is 28.6 Å². The Morgan fingerprint density at radius 3 is 2.76 bits per heavy atom. The number of carboxylic acid groups (broad SMARTS) is 1. The van der Waals surface area contributed by atoms with Gasteiger partial charge in [0.25, 0.3) is 0 Å². The fourth-order valence-corrected chi connectivity index (χ4v) is 3.64. The molecular formula is C20H18F2N4O3. The number of rotatable bonds is 3. The van der Waals surface area contributed by atoms with Gasteiger partial charge >= 0.3 is 5.97 Å². The Bertz CT molecular complexity index is 1180. The second-order valence-electron chi connectivity index (χ2n) is 7.00. The largest absolute Gasteiger partial charge is 0.477 e. The van der Waals surface area contributed by atoms with Crippen molar-refractivity contribution in [1.82, 2.24) is 14.9 Å². The zero-order valence-corrected chi connectivity index (χ0v) is 15.5. The summed E-state index contributed by atoms with van der Waals surface area (Å²) < 4.78 is 30.6. The van der Waals surface area contributed by atoms with Crippen LogP contribution in [0.5, 0.6) is 0 Å². The lowest BCUT2D eigenvalue weighted by molar-refractivity contribution is 0.0695. The van der Waals surface area contributed by atoms with Crippen LogP contribution in [0.3, 0.4) is 0 Å². The van der Waals surface area contributed by atoms with Crippen LogP contribution in [-0.4, -0.2) is 46.3 Å². The van der Waals surface area contributed by atoms with Crippen molar-refractivity contribution in [3.8, 4) is 5.69 Å². The molecule has 0 spiro atoms. The number of nitrogens with zero attached hydrogens (tertiary/aromatic N) is 3. The van der Waals surface area contributed by atoms with Gasteiger partial charge in [-0.15, -0.1) is 0 Å². The summed E-state index contributed by atoms with van der Waals surface area (Å²) in [6, 6.07) is 4.01. The Labute approximate surface area is 164 Å². The number of piperazine rings is 1. The third kappa shape index (κ3) is 3.33. The smallest absolute Gasteiger partial charge is 0.341 e. The third-order valence-corrected chi connectivity index (χ3v) is 5.02. The van der Waals surface area contributed by atoms with E-state index in [1.807, 2.05) is 11.8 Å². The maximum Gasteiger partial charge on any atom is 0.341 e. The van der Waals surface area contributed by atoms with Gasteiger partial charge in [-0.3, -0.25) is 9.78 Å². The Kier molecular flexibility index (Phi) is 4.75. The van der Waals surface area contributed by atoms with Crippen LogP contribution in [-0.2, 0) is 0 Å². The molecule has 1 aromatic carbocycles. The molecule has 2 N–H and O–H groups in total. The highest BCUT2D eigenvalue weighted by molar-refractivity contribution is 5.94. The minimum atomic E-state index is -1.47. The van der Waals surface area contributed by atoms with Crippen LogP contribution in [0.1, 0.15) is 17.3 Å². The number of hydrogen-bond donors (Lipinski definition) is 2. The lowest BCUT2D eigenvalue weighted by Crippen LogP contribution is -2.49. The first kappa shape index (κ1) is 19.0. The van der Waals surface area contributed by atoms with E-state index in [0.717, 1.165) is 18.5 Å². The quantitative estimate of drug-likeness (QED) is 0.701. The number of nitrogens with one attached hydrogen (secondary N) is 1. The molecule has 2 aromatic heterocycles. The summed E-state index contributed by atoms with van der Waals surface area (Å²) in [6.45, 7) is 3.77. The third-order valence-electron chi connectivity index (χ3n) is 5.02. The first-order chi connectivity index (χ1) is 13.9. The second kappa shape index (κ2) is 7.25. The van der Waals surface area contributed by atoms with Crippen LogP contribution >= 0.6 is 0 Å². The number of carboxylic acids is 1. The SMILES string of the molecule is CC1CN(c2cc3c(cc2F)c(=O)c(C(=O)O)cn3-c2ccncc2F)CCN1. The maximum atomic E-state index is 14.9. The Morgan fingerprint density at radius 1 is 1.28 bits per heavy atom. The van der Waals surface area contributed by atoms with E-state index >= 15 is 0 Å². The lowest BCUT2D eigenvalue weighted by atomic mass is 10.1. The molecule has 0 aliphatic carbocycles. The molecule has 4 rings (SSSR count). The monoisotopic (exact) mass is 400 g/mol. The first-order valence-electron chi connectivity index (χ1n) is 9.07. The molecule has 3 aromatic rings. The number of aromatic nitrogens is 2. The second-order valence-corrected chi connectivity index (χ2v) is 7.00. The van der Waals surface area contributed by atoms with Crippen LogP contribution in [0.25, 0.3) is 16.6 Å². The number of pyridine rings is 2. The number of aromatic carboxylic acids is 1. The van der Waals surface area contributed by atoms with Gasteiger partial charge in [0.15, 0.2) is 5.82 Å². The standard InChI is InChI=1S/C20H18F2N4O3/c1-11-9-25(5-4-24-11)18-7-17-12(6-14(18)21)19(27)13(20(28)29)10-26(17)16-2-3-23-8-15(16)22/h2-3,6-8,10-11,24H,4-5,9H2,1H3,(H,28,29). The van der Waals surface area contributed by atoms with Gasteiger partial charge in [0.05, 0.1) is 23.1 Å². The van der Waals surface area contributed by atoms with Crippen LogP contribution in [0.2, 0.25) is 0 Å². The molecule has 9 heteroatoms. The van der Waals surface area contributed by atoms with E-state index in [-0.39, 0.29) is 28.3 Å².